The molecule has 0 radical (unpaired) electrons. The number of phenols is 1. The molecule has 136 valence electrons. The van der Waals surface area contributed by atoms with E-state index in [0.717, 1.165) is 12.1 Å². The van der Waals surface area contributed by atoms with Crippen LogP contribution >= 0.6 is 13.5 Å². The molecule has 0 atom stereocenters. The topological polar surface area (TPSA) is 158 Å². The SMILES string of the molecule is O=C(O)c1ccccc1O.O=C(O)c1ccccc1OS(=O)(=O)O.S. The first kappa shape index (κ1) is 22.2. The number of benzene rings is 2. The Morgan fingerprint density at radius 1 is 0.840 bits per heavy atom. The van der Waals surface area contributed by atoms with Crippen molar-refractivity contribution in [2.45, 2.75) is 0 Å². The fourth-order valence-corrected chi connectivity index (χ4v) is 1.86. The predicted octanol–water partition coefficient (Wildman–Crippen LogP) is 1.77. The van der Waals surface area contributed by atoms with Crippen LogP contribution in [-0.4, -0.2) is 40.2 Å². The van der Waals surface area contributed by atoms with E-state index in [0.29, 0.717) is 0 Å². The van der Waals surface area contributed by atoms with E-state index in [1.165, 1.54) is 24.3 Å². The Labute approximate surface area is 149 Å². The molecule has 0 aromatic heterocycles. The maximum absolute atomic E-state index is 10.6. The molecule has 0 aliphatic carbocycles. The second-order valence-corrected chi connectivity index (χ2v) is 5.16. The van der Waals surface area contributed by atoms with Gasteiger partial charge in [-0.1, -0.05) is 24.3 Å². The van der Waals surface area contributed by atoms with Crippen LogP contribution in [0.3, 0.4) is 0 Å². The van der Waals surface area contributed by atoms with Crippen molar-refractivity contribution in [2.75, 3.05) is 0 Å². The summed E-state index contributed by atoms with van der Waals surface area (Å²) in [5.41, 5.74) is -0.410. The Hall–Kier alpha value is -2.76. The van der Waals surface area contributed by atoms with Gasteiger partial charge in [-0.25, -0.2) is 9.59 Å². The Morgan fingerprint density at radius 2 is 1.28 bits per heavy atom. The lowest BCUT2D eigenvalue weighted by atomic mass is 10.2. The van der Waals surface area contributed by atoms with Crippen molar-refractivity contribution in [3.63, 3.8) is 0 Å². The number of carboxylic acids is 2. The van der Waals surface area contributed by atoms with E-state index in [-0.39, 0.29) is 30.4 Å². The monoisotopic (exact) mass is 390 g/mol. The molecule has 0 amide bonds. The van der Waals surface area contributed by atoms with Crippen LogP contribution < -0.4 is 4.18 Å². The van der Waals surface area contributed by atoms with Crippen molar-refractivity contribution in [3.8, 4) is 11.5 Å². The van der Waals surface area contributed by atoms with Crippen molar-refractivity contribution < 1.29 is 42.1 Å². The van der Waals surface area contributed by atoms with E-state index >= 15 is 0 Å². The highest BCUT2D eigenvalue weighted by molar-refractivity contribution is 7.81. The lowest BCUT2D eigenvalue weighted by Crippen LogP contribution is -2.10. The van der Waals surface area contributed by atoms with Gasteiger partial charge in [0.15, 0.2) is 5.75 Å². The van der Waals surface area contributed by atoms with Gasteiger partial charge in [0.25, 0.3) is 0 Å². The van der Waals surface area contributed by atoms with E-state index < -0.39 is 28.1 Å². The number of carboxylic acid groups (broad SMARTS) is 2. The molecule has 0 heterocycles. The zero-order valence-electron chi connectivity index (χ0n) is 12.4. The molecule has 0 aliphatic rings. The van der Waals surface area contributed by atoms with E-state index in [4.69, 9.17) is 19.9 Å². The van der Waals surface area contributed by atoms with Crippen LogP contribution in [0.5, 0.6) is 11.5 Å². The lowest BCUT2D eigenvalue weighted by molar-refractivity contribution is 0.0683. The highest BCUT2D eigenvalue weighted by Crippen LogP contribution is 2.19. The molecule has 2 aromatic carbocycles. The Morgan fingerprint density at radius 3 is 1.68 bits per heavy atom. The zero-order valence-corrected chi connectivity index (χ0v) is 14.2. The molecule has 0 bridgehead atoms. The summed E-state index contributed by atoms with van der Waals surface area (Å²) < 4.78 is 33.0. The average Bonchev–Trinajstić information content (AvgIpc) is 2.46. The van der Waals surface area contributed by atoms with Crippen LogP contribution in [-0.2, 0) is 10.4 Å². The minimum atomic E-state index is -4.70. The van der Waals surface area contributed by atoms with Gasteiger partial charge in [-0.2, -0.15) is 21.9 Å². The van der Waals surface area contributed by atoms with E-state index in [1.54, 1.807) is 12.1 Å². The molecule has 25 heavy (non-hydrogen) atoms. The van der Waals surface area contributed by atoms with Gasteiger partial charge in [0.1, 0.15) is 16.9 Å². The molecule has 9 nitrogen and oxygen atoms in total. The summed E-state index contributed by atoms with van der Waals surface area (Å²) in [5, 5.41) is 25.9. The second kappa shape index (κ2) is 9.52. The minimum Gasteiger partial charge on any atom is -0.507 e. The third-order valence-corrected chi connectivity index (χ3v) is 2.84. The average molecular weight is 390 g/mol. The number of hydrogen-bond acceptors (Lipinski definition) is 6. The Balaban J connectivity index is 0.000000465. The number of carbonyl (C=O) groups is 2. The first-order valence-corrected chi connectivity index (χ1v) is 7.49. The first-order valence-electron chi connectivity index (χ1n) is 6.12. The standard InChI is InChI=1S/C7H6O6S.C7H6O3.H2S/c8-7(9)5-3-1-2-4-6(5)13-14(10,11)12;8-6-4-2-1-3-5(6)7(9)10;/h1-4H,(H,8,9)(H,10,11,12);1-4,8H,(H,9,10);1H2. The van der Waals surface area contributed by atoms with Crippen molar-refractivity contribution in [1.82, 2.24) is 0 Å². The minimum absolute atomic E-state index is 0. The van der Waals surface area contributed by atoms with Gasteiger partial charge in [-0.15, -0.1) is 0 Å². The van der Waals surface area contributed by atoms with Gasteiger partial charge in [-0.05, 0) is 24.3 Å². The van der Waals surface area contributed by atoms with Crippen molar-refractivity contribution in [2.24, 2.45) is 0 Å². The molecule has 0 fully saturated rings. The fraction of sp³-hybridized carbons (Fsp3) is 0. The number of aromatic hydroxyl groups is 1. The first-order chi connectivity index (χ1) is 11.1. The highest BCUT2D eigenvalue weighted by Gasteiger charge is 2.15. The molecule has 2 aromatic rings. The van der Waals surface area contributed by atoms with E-state index in [1.807, 2.05) is 0 Å². The van der Waals surface area contributed by atoms with Gasteiger partial charge < -0.3 is 19.5 Å². The van der Waals surface area contributed by atoms with Crippen molar-refractivity contribution in [1.29, 1.82) is 0 Å². The molecule has 0 unspecified atom stereocenters. The van der Waals surface area contributed by atoms with Crippen LogP contribution in [0.1, 0.15) is 20.7 Å². The van der Waals surface area contributed by atoms with Gasteiger partial charge >= 0.3 is 22.3 Å². The fourth-order valence-electron chi connectivity index (χ4n) is 1.48. The van der Waals surface area contributed by atoms with E-state index in [2.05, 4.69) is 4.18 Å². The van der Waals surface area contributed by atoms with Crippen LogP contribution in [0.4, 0.5) is 0 Å². The van der Waals surface area contributed by atoms with Crippen molar-refractivity contribution >= 4 is 35.8 Å². The second-order valence-electron chi connectivity index (χ2n) is 4.13. The molecule has 2 rings (SSSR count). The third kappa shape index (κ3) is 7.56. The van der Waals surface area contributed by atoms with Crippen molar-refractivity contribution in [3.05, 3.63) is 59.7 Å². The molecular formula is C14H14O9S2. The van der Waals surface area contributed by atoms with Gasteiger partial charge in [0.05, 0.1) is 0 Å². The maximum atomic E-state index is 10.6. The lowest BCUT2D eigenvalue weighted by Gasteiger charge is -2.03. The van der Waals surface area contributed by atoms with E-state index in [9.17, 15) is 18.0 Å². The number of para-hydroxylation sites is 2. The summed E-state index contributed by atoms with van der Waals surface area (Å²) in [6.45, 7) is 0. The summed E-state index contributed by atoms with van der Waals surface area (Å²) in [7, 11) is -4.70. The predicted molar refractivity (Wildman–Crippen MR) is 91.0 cm³/mol. The number of rotatable bonds is 4. The molecule has 11 heteroatoms. The zero-order chi connectivity index (χ0) is 18.3. The number of aromatic carboxylic acids is 2. The summed E-state index contributed by atoms with van der Waals surface area (Å²) in [6.07, 6.45) is 0. The van der Waals surface area contributed by atoms with Crippen LogP contribution in [0.2, 0.25) is 0 Å². The Kier molecular flexibility index (Phi) is 8.46. The van der Waals surface area contributed by atoms with Gasteiger partial charge in [0, 0.05) is 0 Å². The normalized spacial score (nSPS) is 9.80. The highest BCUT2D eigenvalue weighted by atomic mass is 32.3. The number of hydrogen-bond donors (Lipinski definition) is 4. The van der Waals surface area contributed by atoms with Crippen LogP contribution in [0, 0.1) is 0 Å². The summed E-state index contributed by atoms with van der Waals surface area (Å²) in [6, 6.07) is 10.9. The Bertz CT molecular complexity index is 847. The molecular weight excluding hydrogens is 376 g/mol. The molecule has 0 saturated heterocycles. The molecule has 4 N–H and O–H groups in total. The molecule has 0 spiro atoms. The molecule has 0 aliphatic heterocycles. The smallest absolute Gasteiger partial charge is 0.446 e. The summed E-state index contributed by atoms with van der Waals surface area (Å²) in [4.78, 5) is 20.8. The summed E-state index contributed by atoms with van der Waals surface area (Å²) >= 11 is 0. The summed E-state index contributed by atoms with van der Waals surface area (Å²) in [5.74, 6) is -3.08. The maximum Gasteiger partial charge on any atom is 0.446 e. The van der Waals surface area contributed by atoms with Crippen LogP contribution in [0.15, 0.2) is 48.5 Å². The largest absolute Gasteiger partial charge is 0.507 e. The van der Waals surface area contributed by atoms with Crippen LogP contribution in [0.25, 0.3) is 0 Å². The quantitative estimate of drug-likeness (QED) is 0.571. The third-order valence-electron chi connectivity index (χ3n) is 2.45. The van der Waals surface area contributed by atoms with Gasteiger partial charge in [-0.3, -0.25) is 4.55 Å². The van der Waals surface area contributed by atoms with Gasteiger partial charge in [0.2, 0.25) is 0 Å². The molecule has 0 saturated carbocycles.